The average Bonchev–Trinajstić information content (AvgIpc) is 2.19. The number of para-hydroxylation sites is 1. The number of carbonyl (C=O) groups excluding carboxylic acids is 1. The maximum Gasteiger partial charge on any atom is 0.338 e. The first-order chi connectivity index (χ1) is 6.74. The Morgan fingerprint density at radius 3 is 2.57 bits per heavy atom. The van der Waals surface area contributed by atoms with E-state index in [-0.39, 0.29) is 5.97 Å². The molecule has 0 fully saturated rings. The number of allylic oxidation sites excluding steroid dienone is 1. The molecule has 74 valence electrons. The zero-order chi connectivity index (χ0) is 10.4. The van der Waals surface area contributed by atoms with Crippen molar-refractivity contribution in [1.82, 2.24) is 0 Å². The summed E-state index contributed by atoms with van der Waals surface area (Å²) >= 11 is 0. The Hall–Kier alpha value is -1.57. The Morgan fingerprint density at radius 1 is 1.36 bits per heavy atom. The Kier molecular flexibility index (Phi) is 3.92. The van der Waals surface area contributed by atoms with Crippen LogP contribution in [0.25, 0.3) is 0 Å². The summed E-state index contributed by atoms with van der Waals surface area (Å²) in [6.45, 7) is 3.74. The van der Waals surface area contributed by atoms with Crippen LogP contribution < -0.4 is 4.74 Å². The fourth-order valence-electron chi connectivity index (χ4n) is 1.07. The topological polar surface area (TPSA) is 26.3 Å². The van der Waals surface area contributed by atoms with Crippen molar-refractivity contribution in [2.24, 2.45) is 0 Å². The lowest BCUT2D eigenvalue weighted by Crippen LogP contribution is -2.08. The minimum atomic E-state index is -0.280. The van der Waals surface area contributed by atoms with E-state index >= 15 is 0 Å². The second kappa shape index (κ2) is 5.22. The number of ether oxygens (including phenoxy) is 1. The molecule has 0 N–H and O–H groups in total. The SMILES string of the molecule is CC/C=C(\C)C(=O)Oc1ccccc1. The molecule has 0 saturated carbocycles. The Morgan fingerprint density at radius 2 is 2.00 bits per heavy atom. The predicted octanol–water partition coefficient (Wildman–Crippen LogP) is 2.95. The van der Waals surface area contributed by atoms with Crippen molar-refractivity contribution in [2.75, 3.05) is 0 Å². The van der Waals surface area contributed by atoms with E-state index in [2.05, 4.69) is 0 Å². The van der Waals surface area contributed by atoms with Gasteiger partial charge in [-0.3, -0.25) is 0 Å². The van der Waals surface area contributed by atoms with Crippen molar-refractivity contribution in [1.29, 1.82) is 0 Å². The Balaban J connectivity index is 2.62. The molecule has 0 bridgehead atoms. The fourth-order valence-corrected chi connectivity index (χ4v) is 1.07. The molecule has 0 aromatic heterocycles. The van der Waals surface area contributed by atoms with E-state index in [1.807, 2.05) is 31.2 Å². The van der Waals surface area contributed by atoms with E-state index in [4.69, 9.17) is 4.74 Å². The minimum absolute atomic E-state index is 0.280. The minimum Gasteiger partial charge on any atom is -0.423 e. The van der Waals surface area contributed by atoms with Gasteiger partial charge in [-0.25, -0.2) is 4.79 Å². The molecule has 0 spiro atoms. The van der Waals surface area contributed by atoms with Gasteiger partial charge in [-0.2, -0.15) is 0 Å². The van der Waals surface area contributed by atoms with Crippen molar-refractivity contribution < 1.29 is 9.53 Å². The lowest BCUT2D eigenvalue weighted by atomic mass is 10.2. The van der Waals surface area contributed by atoms with Crippen LogP contribution in [0, 0.1) is 0 Å². The van der Waals surface area contributed by atoms with Crippen LogP contribution in [0.3, 0.4) is 0 Å². The average molecular weight is 190 g/mol. The van der Waals surface area contributed by atoms with Crippen molar-refractivity contribution in [3.05, 3.63) is 42.0 Å². The van der Waals surface area contributed by atoms with E-state index in [0.717, 1.165) is 6.42 Å². The highest BCUT2D eigenvalue weighted by Gasteiger charge is 2.05. The number of benzene rings is 1. The van der Waals surface area contributed by atoms with Gasteiger partial charge in [0.05, 0.1) is 0 Å². The number of carbonyl (C=O) groups is 1. The normalized spacial score (nSPS) is 11.1. The number of esters is 1. The molecule has 0 radical (unpaired) electrons. The lowest BCUT2D eigenvalue weighted by Gasteiger charge is -2.03. The summed E-state index contributed by atoms with van der Waals surface area (Å²) in [6, 6.07) is 9.07. The summed E-state index contributed by atoms with van der Waals surface area (Å²) in [5.74, 6) is 0.305. The number of hydrogen-bond acceptors (Lipinski definition) is 2. The molecule has 0 aliphatic rings. The molecule has 1 rings (SSSR count). The lowest BCUT2D eigenvalue weighted by molar-refractivity contribution is -0.130. The van der Waals surface area contributed by atoms with Crippen molar-refractivity contribution >= 4 is 5.97 Å². The maximum atomic E-state index is 11.4. The van der Waals surface area contributed by atoms with Gasteiger partial charge >= 0.3 is 5.97 Å². The van der Waals surface area contributed by atoms with Gasteiger partial charge in [-0.15, -0.1) is 0 Å². The molecule has 0 aliphatic heterocycles. The zero-order valence-corrected chi connectivity index (χ0v) is 8.49. The predicted molar refractivity (Wildman–Crippen MR) is 56.1 cm³/mol. The molecule has 0 atom stereocenters. The first kappa shape index (κ1) is 10.5. The molecule has 14 heavy (non-hydrogen) atoms. The molecule has 0 unspecified atom stereocenters. The van der Waals surface area contributed by atoms with Crippen molar-refractivity contribution in [3.63, 3.8) is 0 Å². The summed E-state index contributed by atoms with van der Waals surface area (Å²) in [6.07, 6.45) is 2.70. The largest absolute Gasteiger partial charge is 0.423 e. The Labute approximate surface area is 84.2 Å². The van der Waals surface area contributed by atoms with Gasteiger partial charge in [0, 0.05) is 5.57 Å². The van der Waals surface area contributed by atoms with Crippen LogP contribution in [0.4, 0.5) is 0 Å². The van der Waals surface area contributed by atoms with Crippen molar-refractivity contribution in [2.45, 2.75) is 20.3 Å². The van der Waals surface area contributed by atoms with E-state index in [9.17, 15) is 4.79 Å². The molecule has 0 heterocycles. The summed E-state index contributed by atoms with van der Waals surface area (Å²) in [5.41, 5.74) is 0.649. The quantitative estimate of drug-likeness (QED) is 0.416. The molecule has 1 aromatic carbocycles. The van der Waals surface area contributed by atoms with Crippen LogP contribution in [0.5, 0.6) is 5.75 Å². The highest BCUT2D eigenvalue weighted by molar-refractivity contribution is 5.89. The van der Waals surface area contributed by atoms with E-state index in [1.165, 1.54) is 0 Å². The van der Waals surface area contributed by atoms with Crippen molar-refractivity contribution in [3.8, 4) is 5.75 Å². The summed E-state index contributed by atoms with van der Waals surface area (Å²) < 4.78 is 5.12. The van der Waals surface area contributed by atoms with Gasteiger partial charge in [0.15, 0.2) is 0 Å². The number of rotatable bonds is 3. The van der Waals surface area contributed by atoms with Crippen LogP contribution in [0.1, 0.15) is 20.3 Å². The smallest absolute Gasteiger partial charge is 0.338 e. The molecular formula is C12H14O2. The molecular weight excluding hydrogens is 176 g/mol. The molecule has 2 nitrogen and oxygen atoms in total. The van der Waals surface area contributed by atoms with Crippen LogP contribution in [-0.4, -0.2) is 5.97 Å². The second-order valence-electron chi connectivity index (χ2n) is 3.00. The first-order valence-electron chi connectivity index (χ1n) is 4.68. The van der Waals surface area contributed by atoms with Gasteiger partial charge in [0.1, 0.15) is 5.75 Å². The maximum absolute atomic E-state index is 11.4. The van der Waals surface area contributed by atoms with Crippen LogP contribution >= 0.6 is 0 Å². The third-order valence-corrected chi connectivity index (χ3v) is 1.79. The van der Waals surface area contributed by atoms with Crippen LogP contribution in [0.2, 0.25) is 0 Å². The van der Waals surface area contributed by atoms with Gasteiger partial charge in [-0.05, 0) is 25.5 Å². The van der Waals surface area contributed by atoms with E-state index in [1.54, 1.807) is 19.1 Å². The third-order valence-electron chi connectivity index (χ3n) is 1.79. The highest BCUT2D eigenvalue weighted by Crippen LogP contribution is 2.10. The summed E-state index contributed by atoms with van der Waals surface area (Å²) in [7, 11) is 0. The monoisotopic (exact) mass is 190 g/mol. The second-order valence-corrected chi connectivity index (χ2v) is 3.00. The fraction of sp³-hybridized carbons (Fsp3) is 0.250. The van der Waals surface area contributed by atoms with Crippen LogP contribution in [0.15, 0.2) is 42.0 Å². The Bertz CT molecular complexity index is 325. The number of hydrogen-bond donors (Lipinski definition) is 0. The van der Waals surface area contributed by atoms with Crippen LogP contribution in [-0.2, 0) is 4.79 Å². The molecule has 1 aromatic rings. The standard InChI is InChI=1S/C12H14O2/c1-3-7-10(2)12(13)14-11-8-5-4-6-9-11/h4-9H,3H2,1-2H3/b10-7+. The first-order valence-corrected chi connectivity index (χ1v) is 4.68. The third kappa shape index (κ3) is 3.05. The van der Waals surface area contributed by atoms with Gasteiger partial charge < -0.3 is 4.74 Å². The van der Waals surface area contributed by atoms with Gasteiger partial charge in [0.2, 0.25) is 0 Å². The van der Waals surface area contributed by atoms with E-state index < -0.39 is 0 Å². The molecule has 2 heteroatoms. The summed E-state index contributed by atoms with van der Waals surface area (Å²) in [5, 5.41) is 0. The zero-order valence-electron chi connectivity index (χ0n) is 8.49. The van der Waals surface area contributed by atoms with Gasteiger partial charge in [-0.1, -0.05) is 31.2 Å². The molecule has 0 saturated heterocycles. The molecule has 0 amide bonds. The summed E-state index contributed by atoms with van der Waals surface area (Å²) in [4.78, 5) is 11.4. The molecule has 0 aliphatic carbocycles. The van der Waals surface area contributed by atoms with Gasteiger partial charge in [0.25, 0.3) is 0 Å². The van der Waals surface area contributed by atoms with E-state index in [0.29, 0.717) is 11.3 Å². The highest BCUT2D eigenvalue weighted by atomic mass is 16.5.